The number of aryl methyl sites for hydroxylation is 2. The molecule has 0 bridgehead atoms. The van der Waals surface area contributed by atoms with Gasteiger partial charge in [-0.2, -0.15) is 8.75 Å². The van der Waals surface area contributed by atoms with E-state index in [0.29, 0.717) is 11.8 Å². The Bertz CT molecular complexity index is 3840. The van der Waals surface area contributed by atoms with Crippen molar-refractivity contribution in [3.05, 3.63) is 106 Å². The molecule has 550 valence electrons. The fourth-order valence-corrected chi connectivity index (χ4v) is 23.8. The van der Waals surface area contributed by atoms with Gasteiger partial charge in [-0.15, -0.1) is 68.0 Å². The average molecular weight is 1490 g/mol. The van der Waals surface area contributed by atoms with Gasteiger partial charge in [0.25, 0.3) is 0 Å². The second kappa shape index (κ2) is 45.2. The lowest BCUT2D eigenvalue weighted by atomic mass is 9.83. The Balaban J connectivity index is 1.09. The van der Waals surface area contributed by atoms with Crippen molar-refractivity contribution in [1.29, 1.82) is 0 Å². The number of hydrogen-bond donors (Lipinski definition) is 0. The average Bonchev–Trinajstić information content (AvgIpc) is 1.63. The van der Waals surface area contributed by atoms with Crippen LogP contribution >= 0.6 is 79.7 Å². The molecular weight excluding hydrogens is 1360 g/mol. The summed E-state index contributed by atoms with van der Waals surface area (Å²) in [6.07, 6.45) is 64.5. The molecule has 10 rings (SSSR count). The number of benzene rings is 3. The molecule has 7 aromatic heterocycles. The van der Waals surface area contributed by atoms with Gasteiger partial charge >= 0.3 is 0 Å². The summed E-state index contributed by atoms with van der Waals surface area (Å²) in [7, 11) is 0. The third-order valence-electron chi connectivity index (χ3n) is 22.3. The Kier molecular flexibility index (Phi) is 35.8. The predicted molar refractivity (Wildman–Crippen MR) is 463 cm³/mol. The number of fused-ring (bicyclic) bond motifs is 6. The first kappa shape index (κ1) is 80.0. The number of aromatic nitrogens is 2. The van der Waals surface area contributed by atoms with Crippen molar-refractivity contribution in [3.63, 3.8) is 0 Å². The minimum absolute atomic E-state index is 0.695. The fraction of sp³-hybridized carbons (Fsp3) is 0.609. The number of nitrogens with zero attached hydrogens (tertiary/aromatic N) is 2. The highest BCUT2D eigenvalue weighted by atomic mass is 32.1. The van der Waals surface area contributed by atoms with Gasteiger partial charge in [-0.05, 0) is 143 Å². The van der Waals surface area contributed by atoms with Crippen LogP contribution in [-0.4, -0.2) is 8.75 Å². The van der Waals surface area contributed by atoms with Crippen LogP contribution in [0.4, 0.5) is 0 Å². The number of unbranched alkanes of at least 4 members (excludes halogenated alkanes) is 34. The summed E-state index contributed by atoms with van der Waals surface area (Å²) in [6, 6.07) is 30.1. The molecule has 2 unspecified atom stereocenters. The minimum atomic E-state index is 0.695. The number of hydrogen-bond acceptors (Lipinski definition) is 9. The van der Waals surface area contributed by atoms with Crippen LogP contribution in [0.25, 0.3) is 92.1 Å². The standard InChI is InChI=1S/C92H130N2S7/c1-7-13-19-25-31-33-37-43-51-69(49-41-35-27-21-15-9-3)61-73-63-75-67-83(79-55-47-59-95-79)99-91(75)85-74(62-70(50-42-36-28-22-16-10-4)52-44-38-34-32-26-20-14-8-2)64-76-68-84(100-92(76)86(73)85)90-72(54-46-40-30-24-18-12-6)66-82(98-90)78-58-57-77(87-88(78)94-101-93-87)81-65-71(53-45-39-29-23-17-11-5)89(97-81)80-56-48-60-96-80/h47-48,55-60,63-70H,7-46,49-54,61-62H2,1-6H3. The molecular formula is C92H130N2S7. The molecule has 0 fully saturated rings. The van der Waals surface area contributed by atoms with E-state index < -0.39 is 0 Å². The molecule has 0 amide bonds. The largest absolute Gasteiger partial charge is 0.172 e. The van der Waals surface area contributed by atoms with Gasteiger partial charge < -0.3 is 0 Å². The summed E-state index contributed by atoms with van der Waals surface area (Å²) < 4.78 is 13.5. The molecule has 0 saturated carbocycles. The molecule has 0 aliphatic carbocycles. The van der Waals surface area contributed by atoms with Crippen LogP contribution in [0.15, 0.2) is 83.6 Å². The van der Waals surface area contributed by atoms with Crippen LogP contribution in [-0.2, 0) is 25.7 Å². The number of thiophene rings is 6. The molecule has 101 heavy (non-hydrogen) atoms. The van der Waals surface area contributed by atoms with Crippen molar-refractivity contribution in [2.45, 2.75) is 350 Å². The maximum Gasteiger partial charge on any atom is 0.114 e. The highest BCUT2D eigenvalue weighted by molar-refractivity contribution is 7.28. The number of rotatable bonds is 55. The first-order chi connectivity index (χ1) is 49.9. The third kappa shape index (κ3) is 24.0. The van der Waals surface area contributed by atoms with Gasteiger partial charge in [-0.3, -0.25) is 0 Å². The Morgan fingerprint density at radius 1 is 0.297 bits per heavy atom. The van der Waals surface area contributed by atoms with E-state index in [4.69, 9.17) is 8.75 Å². The Morgan fingerprint density at radius 3 is 1.01 bits per heavy atom. The van der Waals surface area contributed by atoms with Crippen LogP contribution in [0.2, 0.25) is 0 Å². The van der Waals surface area contributed by atoms with E-state index in [1.54, 1.807) is 31.3 Å². The summed E-state index contributed by atoms with van der Waals surface area (Å²) in [5.41, 5.74) is 11.0. The maximum absolute atomic E-state index is 5.24. The minimum Gasteiger partial charge on any atom is -0.172 e. The van der Waals surface area contributed by atoms with E-state index in [0.717, 1.165) is 23.9 Å². The molecule has 0 aliphatic rings. The van der Waals surface area contributed by atoms with E-state index >= 15 is 0 Å². The first-order valence-corrected chi connectivity index (χ1v) is 47.7. The zero-order valence-corrected chi connectivity index (χ0v) is 69.6. The molecule has 0 saturated heterocycles. The molecule has 7 heterocycles. The van der Waals surface area contributed by atoms with Crippen LogP contribution in [0.3, 0.4) is 0 Å². The van der Waals surface area contributed by atoms with Crippen molar-refractivity contribution < 1.29 is 0 Å². The van der Waals surface area contributed by atoms with Gasteiger partial charge in [0.15, 0.2) is 0 Å². The lowest BCUT2D eigenvalue weighted by Crippen LogP contribution is -2.08. The van der Waals surface area contributed by atoms with Gasteiger partial charge in [0, 0.05) is 70.3 Å². The normalized spacial score (nSPS) is 12.7. The monoisotopic (exact) mass is 1490 g/mol. The first-order valence-electron chi connectivity index (χ1n) is 42.0. The van der Waals surface area contributed by atoms with Gasteiger partial charge in [-0.1, -0.05) is 335 Å². The molecule has 0 spiro atoms. The van der Waals surface area contributed by atoms with E-state index in [2.05, 4.69) is 159 Å². The highest BCUT2D eigenvalue weighted by Gasteiger charge is 2.26. The summed E-state index contributed by atoms with van der Waals surface area (Å²) in [5.74, 6) is 1.39. The zero-order valence-electron chi connectivity index (χ0n) is 63.9. The van der Waals surface area contributed by atoms with E-state index in [-0.39, 0.29) is 0 Å². The highest BCUT2D eigenvalue weighted by Crippen LogP contribution is 2.52. The SMILES string of the molecule is CCCCCCCCCCC(CCCCCCCC)Cc1cc2cc(-c3sc(-c4ccc(-c5cc(CCCCCCCC)c(-c6cccs6)s5)c5nsnc45)cc3CCCCCCCC)sc2c2c(CC(CCCCCCCC)CCCCCCCCCC)cc3cc(-c4cccs4)sc3c12. The van der Waals surface area contributed by atoms with Crippen LogP contribution in [0, 0.1) is 11.8 Å². The van der Waals surface area contributed by atoms with E-state index in [9.17, 15) is 0 Å². The van der Waals surface area contributed by atoms with Gasteiger partial charge in [0.2, 0.25) is 0 Å². The van der Waals surface area contributed by atoms with Crippen molar-refractivity contribution >= 4 is 122 Å². The van der Waals surface area contributed by atoms with Crippen molar-refractivity contribution in [1.82, 2.24) is 8.75 Å². The van der Waals surface area contributed by atoms with Gasteiger partial charge in [0.05, 0.1) is 11.7 Å². The second-order valence-corrected chi connectivity index (χ2v) is 37.3. The van der Waals surface area contributed by atoms with Crippen molar-refractivity contribution in [3.8, 4) is 50.1 Å². The topological polar surface area (TPSA) is 25.8 Å². The van der Waals surface area contributed by atoms with Crippen molar-refractivity contribution in [2.75, 3.05) is 0 Å². The van der Waals surface area contributed by atoms with Gasteiger partial charge in [0.1, 0.15) is 11.0 Å². The molecule has 0 radical (unpaired) electrons. The Labute approximate surface area is 642 Å². The summed E-state index contributed by atoms with van der Waals surface area (Å²) in [5, 5.41) is 10.8. The second-order valence-electron chi connectivity index (χ2n) is 30.7. The summed E-state index contributed by atoms with van der Waals surface area (Å²) in [4.78, 5) is 11.4. The molecule has 3 aromatic carbocycles. The van der Waals surface area contributed by atoms with E-state index in [1.165, 1.54) is 379 Å². The molecule has 0 aliphatic heterocycles. The predicted octanol–water partition coefficient (Wildman–Crippen LogP) is 34.5. The quantitative estimate of drug-likeness (QED) is 0.0355. The lowest BCUT2D eigenvalue weighted by Gasteiger charge is -2.22. The molecule has 9 heteroatoms. The van der Waals surface area contributed by atoms with Crippen molar-refractivity contribution in [2.24, 2.45) is 11.8 Å². The smallest absolute Gasteiger partial charge is 0.114 e. The molecule has 2 atom stereocenters. The Morgan fingerprint density at radius 2 is 0.634 bits per heavy atom. The molecule has 10 aromatic rings. The van der Waals surface area contributed by atoms with E-state index in [1.807, 2.05) is 34.0 Å². The summed E-state index contributed by atoms with van der Waals surface area (Å²) in [6.45, 7) is 14.1. The maximum atomic E-state index is 5.24. The lowest BCUT2D eigenvalue weighted by molar-refractivity contribution is 0.400. The zero-order chi connectivity index (χ0) is 70.1. The molecule has 2 nitrogen and oxygen atoms in total. The molecule has 0 N–H and O–H groups in total. The van der Waals surface area contributed by atoms with Gasteiger partial charge in [-0.25, -0.2) is 0 Å². The third-order valence-corrected chi connectivity index (χ3v) is 29.9. The van der Waals surface area contributed by atoms with Crippen LogP contribution < -0.4 is 0 Å². The Hall–Kier alpha value is -3.54. The summed E-state index contributed by atoms with van der Waals surface area (Å²) >= 11 is 13.5. The fourth-order valence-electron chi connectivity index (χ4n) is 16.4. The van der Waals surface area contributed by atoms with Crippen LogP contribution in [0.5, 0.6) is 0 Å². The van der Waals surface area contributed by atoms with Crippen LogP contribution in [0.1, 0.15) is 346 Å².